The van der Waals surface area contributed by atoms with Crippen LogP contribution in [-0.2, 0) is 0 Å². The predicted molar refractivity (Wildman–Crippen MR) is 68.5 cm³/mol. The van der Waals surface area contributed by atoms with Gasteiger partial charge in [0.2, 0.25) is 0 Å². The highest BCUT2D eigenvalue weighted by Gasteiger charge is 2.23. The molecule has 17 heavy (non-hydrogen) atoms. The third kappa shape index (κ3) is 3.06. The van der Waals surface area contributed by atoms with Crippen molar-refractivity contribution in [3.8, 4) is 6.07 Å². The normalized spacial score (nSPS) is 19.8. The van der Waals surface area contributed by atoms with Crippen LogP contribution in [0, 0.1) is 11.3 Å². The van der Waals surface area contributed by atoms with Gasteiger partial charge in [0.25, 0.3) is 0 Å². The standard InChI is InChI=1S/C14H19N3/c1-16-9-11-17(12-10-16)14(7-8-15)13-5-3-2-4-6-13/h2-6,14H,7,9-12H2,1H3. The SMILES string of the molecule is CN1CCN(C(CC#N)c2ccccc2)CC1. The summed E-state index contributed by atoms with van der Waals surface area (Å²) in [5, 5.41) is 8.99. The Balaban J connectivity index is 2.10. The van der Waals surface area contributed by atoms with E-state index in [1.807, 2.05) is 6.07 Å². The van der Waals surface area contributed by atoms with Crippen LogP contribution in [0.25, 0.3) is 0 Å². The molecule has 2 rings (SSSR count). The van der Waals surface area contributed by atoms with Gasteiger partial charge >= 0.3 is 0 Å². The fraction of sp³-hybridized carbons (Fsp3) is 0.500. The van der Waals surface area contributed by atoms with Crippen molar-refractivity contribution in [1.82, 2.24) is 9.80 Å². The Labute approximate surface area is 103 Å². The molecule has 1 saturated heterocycles. The van der Waals surface area contributed by atoms with Crippen molar-refractivity contribution in [2.75, 3.05) is 33.2 Å². The van der Waals surface area contributed by atoms with Gasteiger partial charge in [-0.1, -0.05) is 30.3 Å². The van der Waals surface area contributed by atoms with Gasteiger partial charge in [0.1, 0.15) is 0 Å². The van der Waals surface area contributed by atoms with Crippen molar-refractivity contribution in [2.45, 2.75) is 12.5 Å². The van der Waals surface area contributed by atoms with Gasteiger partial charge in [-0.15, -0.1) is 0 Å². The Morgan fingerprint density at radius 3 is 2.41 bits per heavy atom. The summed E-state index contributed by atoms with van der Waals surface area (Å²) >= 11 is 0. The van der Waals surface area contributed by atoms with Crippen molar-refractivity contribution >= 4 is 0 Å². The smallest absolute Gasteiger partial charge is 0.0641 e. The van der Waals surface area contributed by atoms with E-state index in [2.05, 4.69) is 47.2 Å². The topological polar surface area (TPSA) is 30.3 Å². The number of likely N-dealkylation sites (N-methyl/N-ethyl adjacent to an activating group) is 1. The van der Waals surface area contributed by atoms with Gasteiger partial charge in [0.15, 0.2) is 0 Å². The van der Waals surface area contributed by atoms with Gasteiger partial charge in [-0.3, -0.25) is 4.90 Å². The molecular weight excluding hydrogens is 210 g/mol. The van der Waals surface area contributed by atoms with Gasteiger partial charge in [0.05, 0.1) is 12.5 Å². The highest BCUT2D eigenvalue weighted by atomic mass is 15.3. The molecule has 3 nitrogen and oxygen atoms in total. The van der Waals surface area contributed by atoms with Crippen molar-refractivity contribution in [3.05, 3.63) is 35.9 Å². The maximum absolute atomic E-state index is 8.99. The first-order valence-electron chi connectivity index (χ1n) is 6.16. The first-order chi connectivity index (χ1) is 8.31. The van der Waals surface area contributed by atoms with Crippen molar-refractivity contribution < 1.29 is 0 Å². The molecule has 0 radical (unpaired) electrons. The molecule has 1 fully saturated rings. The van der Waals surface area contributed by atoms with E-state index in [0.29, 0.717) is 6.42 Å². The van der Waals surface area contributed by atoms with Gasteiger partial charge < -0.3 is 4.90 Å². The summed E-state index contributed by atoms with van der Waals surface area (Å²) in [4.78, 5) is 4.77. The molecule has 1 unspecified atom stereocenters. The monoisotopic (exact) mass is 229 g/mol. The second-order valence-electron chi connectivity index (χ2n) is 4.63. The Kier molecular flexibility index (Phi) is 4.13. The van der Waals surface area contributed by atoms with Crippen LogP contribution in [0.2, 0.25) is 0 Å². The van der Waals surface area contributed by atoms with E-state index >= 15 is 0 Å². The van der Waals surface area contributed by atoms with E-state index < -0.39 is 0 Å². The van der Waals surface area contributed by atoms with Crippen LogP contribution in [-0.4, -0.2) is 43.0 Å². The van der Waals surface area contributed by atoms with Crippen LogP contribution in [0.5, 0.6) is 0 Å². The maximum atomic E-state index is 8.99. The quantitative estimate of drug-likeness (QED) is 0.793. The molecule has 1 aliphatic heterocycles. The number of nitriles is 1. The minimum absolute atomic E-state index is 0.259. The Hall–Kier alpha value is -1.37. The third-order valence-electron chi connectivity index (χ3n) is 3.45. The fourth-order valence-electron chi connectivity index (χ4n) is 2.35. The maximum Gasteiger partial charge on any atom is 0.0641 e. The number of piperazine rings is 1. The molecule has 1 atom stereocenters. The Morgan fingerprint density at radius 1 is 1.18 bits per heavy atom. The van der Waals surface area contributed by atoms with Gasteiger partial charge in [-0.25, -0.2) is 0 Å². The molecule has 0 N–H and O–H groups in total. The zero-order chi connectivity index (χ0) is 12.1. The molecule has 1 aromatic rings. The third-order valence-corrected chi connectivity index (χ3v) is 3.45. The van der Waals surface area contributed by atoms with Crippen LogP contribution >= 0.6 is 0 Å². The van der Waals surface area contributed by atoms with Crippen molar-refractivity contribution in [3.63, 3.8) is 0 Å². The van der Waals surface area contributed by atoms with E-state index in [-0.39, 0.29) is 6.04 Å². The number of rotatable bonds is 3. The molecule has 1 aromatic carbocycles. The van der Waals surface area contributed by atoms with Crippen molar-refractivity contribution in [1.29, 1.82) is 5.26 Å². The summed E-state index contributed by atoms with van der Waals surface area (Å²) < 4.78 is 0. The lowest BCUT2D eigenvalue weighted by Crippen LogP contribution is -2.45. The minimum Gasteiger partial charge on any atom is -0.304 e. The summed E-state index contributed by atoms with van der Waals surface area (Å²) in [6.45, 7) is 4.29. The molecule has 0 saturated carbocycles. The zero-order valence-electron chi connectivity index (χ0n) is 10.3. The predicted octanol–water partition coefficient (Wildman–Crippen LogP) is 1.89. The molecule has 0 spiro atoms. The molecule has 0 aliphatic carbocycles. The highest BCUT2D eigenvalue weighted by Crippen LogP contribution is 2.24. The second kappa shape index (κ2) is 5.81. The summed E-state index contributed by atoms with van der Waals surface area (Å²) in [5.74, 6) is 0. The molecule has 90 valence electrons. The second-order valence-corrected chi connectivity index (χ2v) is 4.63. The van der Waals surface area contributed by atoms with E-state index in [1.165, 1.54) is 5.56 Å². The molecule has 1 aliphatic rings. The lowest BCUT2D eigenvalue weighted by atomic mass is 10.0. The molecule has 0 aromatic heterocycles. The fourth-order valence-corrected chi connectivity index (χ4v) is 2.35. The van der Waals surface area contributed by atoms with E-state index in [0.717, 1.165) is 26.2 Å². The van der Waals surface area contributed by atoms with Crippen LogP contribution in [0.1, 0.15) is 18.0 Å². The Bertz CT molecular complexity index is 374. The lowest BCUT2D eigenvalue weighted by molar-refractivity contribution is 0.113. The molecule has 1 heterocycles. The summed E-state index contributed by atoms with van der Waals surface area (Å²) in [6, 6.07) is 13.0. The van der Waals surface area contributed by atoms with Crippen molar-refractivity contribution in [2.24, 2.45) is 0 Å². The van der Waals surface area contributed by atoms with Crippen LogP contribution in [0.4, 0.5) is 0 Å². The minimum atomic E-state index is 0.259. The number of nitrogens with zero attached hydrogens (tertiary/aromatic N) is 3. The van der Waals surface area contributed by atoms with Crippen LogP contribution in [0.3, 0.4) is 0 Å². The number of hydrogen-bond acceptors (Lipinski definition) is 3. The summed E-state index contributed by atoms with van der Waals surface area (Å²) in [6.07, 6.45) is 0.577. The number of benzene rings is 1. The van der Waals surface area contributed by atoms with Gasteiger partial charge in [0, 0.05) is 32.2 Å². The summed E-state index contributed by atoms with van der Waals surface area (Å²) in [5.41, 5.74) is 1.26. The largest absolute Gasteiger partial charge is 0.304 e. The average molecular weight is 229 g/mol. The van der Waals surface area contributed by atoms with E-state index in [1.54, 1.807) is 0 Å². The molecule has 0 bridgehead atoms. The van der Waals surface area contributed by atoms with Crippen LogP contribution in [0.15, 0.2) is 30.3 Å². The highest BCUT2D eigenvalue weighted by molar-refractivity contribution is 5.20. The first-order valence-corrected chi connectivity index (χ1v) is 6.16. The summed E-state index contributed by atoms with van der Waals surface area (Å²) in [7, 11) is 2.15. The van der Waals surface area contributed by atoms with E-state index in [9.17, 15) is 0 Å². The van der Waals surface area contributed by atoms with Gasteiger partial charge in [-0.05, 0) is 12.6 Å². The number of hydrogen-bond donors (Lipinski definition) is 0. The molecular formula is C14H19N3. The zero-order valence-corrected chi connectivity index (χ0v) is 10.3. The molecule has 3 heteroatoms. The average Bonchev–Trinajstić information content (AvgIpc) is 2.38. The Morgan fingerprint density at radius 2 is 1.82 bits per heavy atom. The van der Waals surface area contributed by atoms with Crippen LogP contribution < -0.4 is 0 Å². The van der Waals surface area contributed by atoms with Gasteiger partial charge in [-0.2, -0.15) is 5.26 Å². The molecule has 0 amide bonds. The first kappa shape index (κ1) is 12.1. The lowest BCUT2D eigenvalue weighted by Gasteiger charge is -2.37. The van der Waals surface area contributed by atoms with E-state index in [4.69, 9.17) is 5.26 Å².